The Kier molecular flexibility index (Phi) is 8.62. The number of carboxylic acids is 1. The standard InChI is InChI=1S/C39H36ClFN6O4/c1-21-27(5-3-6-28(21)38-44-34-12-22(15-46-19-26(41)20-46)11-23(14-42)35(34)51-38)29-7-4-8-31-30(29)9-10-33(31)43-36-32(40)13-24(37(45-36)50-2)16-47-17-25(18-47)39(48)49/h3-8,11-13,25-26,33H,9-10,15-20H2,1-2H3,(H,43,45)(H,48,49). The molecule has 1 unspecified atom stereocenters. The zero-order valence-electron chi connectivity index (χ0n) is 28.2. The highest BCUT2D eigenvalue weighted by molar-refractivity contribution is 6.33. The third-order valence-electron chi connectivity index (χ3n) is 10.3. The van der Waals surface area contributed by atoms with Crippen molar-refractivity contribution in [1.29, 1.82) is 5.26 Å². The minimum absolute atomic E-state index is 0.0154. The average Bonchev–Trinajstić information content (AvgIpc) is 3.70. The highest BCUT2D eigenvalue weighted by Gasteiger charge is 2.33. The molecule has 2 fully saturated rings. The van der Waals surface area contributed by atoms with Gasteiger partial charge >= 0.3 is 5.97 Å². The summed E-state index contributed by atoms with van der Waals surface area (Å²) in [6, 6.07) is 20.3. The Morgan fingerprint density at radius 3 is 2.57 bits per heavy atom. The van der Waals surface area contributed by atoms with Crippen LogP contribution in [0.2, 0.25) is 5.02 Å². The fourth-order valence-electron chi connectivity index (χ4n) is 7.65. The summed E-state index contributed by atoms with van der Waals surface area (Å²) in [7, 11) is 1.57. The monoisotopic (exact) mass is 706 g/mol. The van der Waals surface area contributed by atoms with E-state index in [0.29, 0.717) is 78.5 Å². The maximum Gasteiger partial charge on any atom is 0.309 e. The number of anilines is 1. The summed E-state index contributed by atoms with van der Waals surface area (Å²) < 4.78 is 25.3. The van der Waals surface area contributed by atoms with Crippen LogP contribution in [0.4, 0.5) is 10.2 Å². The van der Waals surface area contributed by atoms with Gasteiger partial charge in [0.05, 0.1) is 29.7 Å². The lowest BCUT2D eigenvalue weighted by atomic mass is 9.91. The van der Waals surface area contributed by atoms with Crippen molar-refractivity contribution in [3.63, 3.8) is 0 Å². The van der Waals surface area contributed by atoms with Crippen molar-refractivity contribution in [1.82, 2.24) is 19.8 Å². The maximum atomic E-state index is 13.4. The van der Waals surface area contributed by atoms with Crippen LogP contribution in [0.15, 0.2) is 59.0 Å². The Morgan fingerprint density at radius 1 is 1.08 bits per heavy atom. The largest absolute Gasteiger partial charge is 0.481 e. The van der Waals surface area contributed by atoms with E-state index < -0.39 is 12.1 Å². The number of halogens is 2. The van der Waals surface area contributed by atoms with Crippen molar-refractivity contribution in [2.24, 2.45) is 5.92 Å². The molecule has 260 valence electrons. The molecule has 0 amide bonds. The topological polar surface area (TPSA) is 128 Å². The van der Waals surface area contributed by atoms with Crippen LogP contribution in [0.5, 0.6) is 5.88 Å². The van der Waals surface area contributed by atoms with E-state index in [1.165, 1.54) is 11.1 Å². The number of hydrogen-bond donors (Lipinski definition) is 2. The number of oxazole rings is 1. The number of hydrogen-bond acceptors (Lipinski definition) is 9. The molecule has 1 atom stereocenters. The third kappa shape index (κ3) is 6.18. The molecule has 2 N–H and O–H groups in total. The number of aromatic nitrogens is 2. The van der Waals surface area contributed by atoms with Gasteiger partial charge < -0.3 is 19.6 Å². The number of pyridine rings is 1. The van der Waals surface area contributed by atoms with Crippen LogP contribution >= 0.6 is 11.6 Å². The molecule has 8 rings (SSSR count). The van der Waals surface area contributed by atoms with Gasteiger partial charge in [0.25, 0.3) is 0 Å². The number of likely N-dealkylation sites (tertiary alicyclic amines) is 2. The van der Waals surface area contributed by atoms with Crippen molar-refractivity contribution in [3.05, 3.63) is 93.0 Å². The SMILES string of the molecule is COc1nc(NC2CCc3c(-c4cccc(-c5nc6cc(CN7CC(F)C7)cc(C#N)c6o5)c4C)cccc32)c(Cl)cc1CN1CC(C(=O)O)C1. The molecule has 1 aliphatic carbocycles. The van der Waals surface area contributed by atoms with E-state index in [0.717, 1.165) is 46.2 Å². The molecule has 4 heterocycles. The van der Waals surface area contributed by atoms with Crippen molar-refractivity contribution < 1.29 is 23.4 Å². The van der Waals surface area contributed by atoms with Crippen molar-refractivity contribution in [3.8, 4) is 34.5 Å². The summed E-state index contributed by atoms with van der Waals surface area (Å²) in [5.41, 5.74) is 9.69. The van der Waals surface area contributed by atoms with Crippen LogP contribution in [-0.4, -0.2) is 70.3 Å². The predicted molar refractivity (Wildman–Crippen MR) is 191 cm³/mol. The first-order valence-corrected chi connectivity index (χ1v) is 17.4. The number of benzene rings is 3. The molecule has 0 spiro atoms. The maximum absolute atomic E-state index is 13.4. The van der Waals surface area contributed by atoms with Gasteiger partial charge in [-0.25, -0.2) is 9.37 Å². The summed E-state index contributed by atoms with van der Waals surface area (Å²) in [4.78, 5) is 24.8. The number of carboxylic acid groups (broad SMARTS) is 1. The number of ether oxygens (including phenoxy) is 1. The number of alkyl halides is 1. The van der Waals surface area contributed by atoms with Crippen LogP contribution in [0.3, 0.4) is 0 Å². The molecule has 2 saturated heterocycles. The lowest BCUT2D eigenvalue weighted by Gasteiger charge is -2.36. The molecule has 2 aromatic heterocycles. The Morgan fingerprint density at radius 2 is 1.82 bits per heavy atom. The first-order valence-electron chi connectivity index (χ1n) is 17.1. The number of aliphatic carboxylic acids is 1. The Hall–Kier alpha value is -5.02. The molecule has 10 nitrogen and oxygen atoms in total. The lowest BCUT2D eigenvalue weighted by molar-refractivity contribution is -0.147. The van der Waals surface area contributed by atoms with Gasteiger partial charge in [0.15, 0.2) is 5.58 Å². The molecule has 2 aliphatic heterocycles. The van der Waals surface area contributed by atoms with E-state index in [-0.39, 0.29) is 12.0 Å². The van der Waals surface area contributed by atoms with Crippen LogP contribution < -0.4 is 10.1 Å². The summed E-state index contributed by atoms with van der Waals surface area (Å²) in [6.45, 7) is 4.92. The second-order valence-electron chi connectivity index (χ2n) is 13.7. The third-order valence-corrected chi connectivity index (χ3v) is 10.6. The Balaban J connectivity index is 1.05. The van der Waals surface area contributed by atoms with Gasteiger partial charge in [0, 0.05) is 50.4 Å². The lowest BCUT2D eigenvalue weighted by Crippen LogP contribution is -2.49. The van der Waals surface area contributed by atoms with Crippen molar-refractivity contribution in [2.45, 2.75) is 45.1 Å². The molecule has 3 aliphatic rings. The molecule has 12 heteroatoms. The van der Waals surface area contributed by atoms with Gasteiger partial charge in [0.1, 0.15) is 23.6 Å². The first kappa shape index (κ1) is 33.1. The van der Waals surface area contributed by atoms with Crippen LogP contribution in [0.25, 0.3) is 33.7 Å². The zero-order valence-corrected chi connectivity index (χ0v) is 29.0. The van der Waals surface area contributed by atoms with Crippen LogP contribution in [0, 0.1) is 24.2 Å². The number of fused-ring (bicyclic) bond motifs is 2. The first-order chi connectivity index (χ1) is 24.7. The highest BCUT2D eigenvalue weighted by atomic mass is 35.5. The number of methoxy groups -OCH3 is 1. The molecule has 0 saturated carbocycles. The number of rotatable bonds is 10. The molecule has 0 bridgehead atoms. The van der Waals surface area contributed by atoms with E-state index in [1.807, 2.05) is 40.1 Å². The van der Waals surface area contributed by atoms with Crippen LogP contribution in [0.1, 0.15) is 45.8 Å². The molecule has 51 heavy (non-hydrogen) atoms. The fourth-order valence-corrected chi connectivity index (χ4v) is 7.88. The number of nitriles is 1. The normalized spacial score (nSPS) is 17.9. The van der Waals surface area contributed by atoms with Gasteiger partial charge in [-0.15, -0.1) is 0 Å². The number of carbonyl (C=O) groups is 1. The Labute approximate surface area is 299 Å². The fraction of sp³-hybridized carbons (Fsp3) is 0.333. The van der Waals surface area contributed by atoms with E-state index in [4.69, 9.17) is 30.7 Å². The minimum atomic E-state index is -0.790. The van der Waals surface area contributed by atoms with Gasteiger partial charge in [0.2, 0.25) is 11.8 Å². The zero-order chi connectivity index (χ0) is 35.4. The summed E-state index contributed by atoms with van der Waals surface area (Å²) in [5, 5.41) is 23.2. The van der Waals surface area contributed by atoms with Gasteiger partial charge in [-0.1, -0.05) is 41.9 Å². The Bertz CT molecular complexity index is 2220. The van der Waals surface area contributed by atoms with Crippen molar-refractivity contribution >= 4 is 34.5 Å². The molecular formula is C39H36ClFN6O4. The highest BCUT2D eigenvalue weighted by Crippen LogP contribution is 2.43. The van der Waals surface area contributed by atoms with E-state index >= 15 is 0 Å². The summed E-state index contributed by atoms with van der Waals surface area (Å²) >= 11 is 6.76. The number of nitrogens with zero attached hydrogens (tertiary/aromatic N) is 5. The molecular weight excluding hydrogens is 671 g/mol. The van der Waals surface area contributed by atoms with E-state index in [2.05, 4.69) is 42.6 Å². The second-order valence-corrected chi connectivity index (χ2v) is 14.1. The average molecular weight is 707 g/mol. The van der Waals surface area contributed by atoms with E-state index in [9.17, 15) is 19.6 Å². The van der Waals surface area contributed by atoms with Gasteiger partial charge in [-0.3, -0.25) is 14.6 Å². The number of nitrogens with one attached hydrogen (secondary N) is 1. The van der Waals surface area contributed by atoms with Crippen LogP contribution in [-0.2, 0) is 24.3 Å². The minimum Gasteiger partial charge on any atom is -0.481 e. The second kappa shape index (κ2) is 13.3. The summed E-state index contributed by atoms with van der Waals surface area (Å²) in [6.07, 6.45) is 0.921. The smallest absolute Gasteiger partial charge is 0.309 e. The quantitative estimate of drug-likeness (QED) is 0.154. The molecule has 3 aromatic carbocycles. The molecule has 0 radical (unpaired) electrons. The van der Waals surface area contributed by atoms with Gasteiger partial charge in [-0.05, 0) is 77.4 Å². The summed E-state index contributed by atoms with van der Waals surface area (Å²) in [5.74, 6) is 0.331. The van der Waals surface area contributed by atoms with E-state index in [1.54, 1.807) is 7.11 Å². The van der Waals surface area contributed by atoms with Crippen molar-refractivity contribution in [2.75, 3.05) is 38.6 Å². The van der Waals surface area contributed by atoms with Gasteiger partial charge in [-0.2, -0.15) is 10.2 Å². The predicted octanol–water partition coefficient (Wildman–Crippen LogP) is 7.17. The molecule has 5 aromatic rings.